The molecule has 1 atom stereocenters. The van der Waals surface area contributed by atoms with Crippen molar-refractivity contribution >= 4 is 15.7 Å². The highest BCUT2D eigenvalue weighted by atomic mass is 32.2. The van der Waals surface area contributed by atoms with Crippen molar-refractivity contribution in [3.05, 3.63) is 34.9 Å². The van der Waals surface area contributed by atoms with Crippen molar-refractivity contribution < 1.29 is 18.1 Å². The van der Waals surface area contributed by atoms with Gasteiger partial charge in [-0.05, 0) is 25.5 Å². The number of piperazine rings is 1. The van der Waals surface area contributed by atoms with Crippen molar-refractivity contribution in [1.29, 1.82) is 0 Å². The first-order valence-electron chi connectivity index (χ1n) is 8.27. The summed E-state index contributed by atoms with van der Waals surface area (Å²) < 4.78 is 23.3. The topological polar surface area (TPSA) is 58.9 Å². The molecule has 0 bridgehead atoms. The monoisotopic (exact) mass is 337 g/mol. The molecule has 0 saturated carbocycles. The van der Waals surface area contributed by atoms with Gasteiger partial charge in [-0.3, -0.25) is 4.79 Å². The molecule has 0 aromatic heterocycles. The molecule has 23 heavy (non-hydrogen) atoms. The molecule has 1 aromatic carbocycles. The van der Waals surface area contributed by atoms with Crippen molar-refractivity contribution in [2.45, 2.75) is 26.3 Å². The first-order chi connectivity index (χ1) is 10.9. The van der Waals surface area contributed by atoms with Crippen LogP contribution < -0.4 is 4.90 Å². The van der Waals surface area contributed by atoms with Crippen LogP contribution in [0, 0.1) is 13.8 Å². The van der Waals surface area contributed by atoms with E-state index in [0.717, 1.165) is 36.2 Å². The Morgan fingerprint density at radius 2 is 1.91 bits per heavy atom. The van der Waals surface area contributed by atoms with E-state index < -0.39 is 9.84 Å². The van der Waals surface area contributed by atoms with E-state index in [2.05, 4.69) is 0 Å². The molecule has 1 N–H and O–H groups in total. The lowest BCUT2D eigenvalue weighted by Gasteiger charge is -2.35. The van der Waals surface area contributed by atoms with E-state index in [1.54, 1.807) is 0 Å². The minimum absolute atomic E-state index is 0.101. The number of quaternary nitrogens is 1. The fourth-order valence-corrected chi connectivity index (χ4v) is 5.48. The molecule has 2 aliphatic heterocycles. The summed E-state index contributed by atoms with van der Waals surface area (Å²) >= 11 is 0. The van der Waals surface area contributed by atoms with E-state index in [1.165, 1.54) is 4.90 Å². The number of carbonyl (C=O) groups is 1. The molecular formula is C17H25N2O3S+. The highest BCUT2D eigenvalue weighted by Gasteiger charge is 2.37. The first kappa shape index (κ1) is 16.5. The average molecular weight is 337 g/mol. The molecule has 0 aliphatic carbocycles. The Labute approximate surface area is 138 Å². The normalized spacial score (nSPS) is 24.8. The Morgan fingerprint density at radius 3 is 2.52 bits per heavy atom. The third-order valence-electron chi connectivity index (χ3n) is 5.13. The highest BCUT2D eigenvalue weighted by Crippen LogP contribution is 2.14. The van der Waals surface area contributed by atoms with E-state index in [1.807, 2.05) is 36.9 Å². The summed E-state index contributed by atoms with van der Waals surface area (Å²) in [7, 11) is -2.83. The minimum Gasteiger partial charge on any atom is -0.329 e. The molecule has 2 aliphatic rings. The molecule has 1 aromatic rings. The van der Waals surface area contributed by atoms with Crippen LogP contribution in [0.5, 0.6) is 0 Å². The van der Waals surface area contributed by atoms with Gasteiger partial charge in [-0.2, -0.15) is 0 Å². The van der Waals surface area contributed by atoms with Crippen molar-refractivity contribution in [3.8, 4) is 0 Å². The van der Waals surface area contributed by atoms with Gasteiger partial charge in [0.05, 0.1) is 31.9 Å². The Bertz CT molecular complexity index is 707. The molecule has 6 heteroatoms. The van der Waals surface area contributed by atoms with Gasteiger partial charge >= 0.3 is 0 Å². The maximum atomic E-state index is 12.7. The van der Waals surface area contributed by atoms with E-state index in [9.17, 15) is 13.2 Å². The molecule has 0 radical (unpaired) electrons. The lowest BCUT2D eigenvalue weighted by atomic mass is 10.0. The number of sulfone groups is 1. The third-order valence-corrected chi connectivity index (χ3v) is 6.89. The fourth-order valence-electron chi connectivity index (χ4n) is 3.66. The summed E-state index contributed by atoms with van der Waals surface area (Å²) in [5, 5.41) is 0. The maximum Gasteiger partial charge on any atom is 0.254 e. The number of rotatable bonds is 2. The number of carbonyl (C=O) groups excluding carboxylic acids is 1. The standard InChI is InChI=1S/C17H24N2O3S/c1-13-3-4-14(2)16(11-13)17(20)19-8-6-18(7-9-19)15-5-10-23(21,22)12-15/h3-4,11,15H,5-10,12H2,1-2H3/p+1/t15-/m1/s1. The first-order valence-corrected chi connectivity index (χ1v) is 10.1. The van der Waals surface area contributed by atoms with Crippen LogP contribution in [0.2, 0.25) is 0 Å². The lowest BCUT2D eigenvalue weighted by Crippen LogP contribution is -3.18. The largest absolute Gasteiger partial charge is 0.329 e. The quantitative estimate of drug-likeness (QED) is 0.815. The number of hydrogen-bond donors (Lipinski definition) is 1. The molecule has 2 heterocycles. The number of aryl methyl sites for hydroxylation is 2. The summed E-state index contributed by atoms with van der Waals surface area (Å²) in [6.07, 6.45) is 0.766. The number of amides is 1. The van der Waals surface area contributed by atoms with Gasteiger partial charge in [-0.25, -0.2) is 8.42 Å². The summed E-state index contributed by atoms with van der Waals surface area (Å²) in [6.45, 7) is 7.07. The van der Waals surface area contributed by atoms with Gasteiger partial charge in [0, 0.05) is 12.0 Å². The molecule has 5 nitrogen and oxygen atoms in total. The molecular weight excluding hydrogens is 312 g/mol. The second-order valence-corrected chi connectivity index (χ2v) is 9.10. The predicted molar refractivity (Wildman–Crippen MR) is 89.6 cm³/mol. The second kappa shape index (κ2) is 6.24. The number of nitrogens with zero attached hydrogens (tertiary/aromatic N) is 1. The Morgan fingerprint density at radius 1 is 1.22 bits per heavy atom. The van der Waals surface area contributed by atoms with Crippen molar-refractivity contribution in [2.24, 2.45) is 0 Å². The number of hydrogen-bond acceptors (Lipinski definition) is 3. The highest BCUT2D eigenvalue weighted by molar-refractivity contribution is 7.91. The molecule has 126 valence electrons. The molecule has 0 spiro atoms. The van der Waals surface area contributed by atoms with Gasteiger partial charge in [0.15, 0.2) is 9.84 Å². The predicted octanol–water partition coefficient (Wildman–Crippen LogP) is -0.169. The van der Waals surface area contributed by atoms with Crippen LogP contribution in [0.4, 0.5) is 0 Å². The Hall–Kier alpha value is -1.40. The van der Waals surface area contributed by atoms with Gasteiger partial charge in [-0.1, -0.05) is 17.7 Å². The van der Waals surface area contributed by atoms with Crippen LogP contribution >= 0.6 is 0 Å². The average Bonchev–Trinajstić information content (AvgIpc) is 2.89. The second-order valence-electron chi connectivity index (χ2n) is 6.87. The molecule has 2 saturated heterocycles. The van der Waals surface area contributed by atoms with Crippen molar-refractivity contribution in [2.75, 3.05) is 37.7 Å². The van der Waals surface area contributed by atoms with Crippen molar-refractivity contribution in [3.63, 3.8) is 0 Å². The fraction of sp³-hybridized carbons (Fsp3) is 0.588. The summed E-state index contributed by atoms with van der Waals surface area (Å²) in [4.78, 5) is 16.0. The molecule has 3 rings (SSSR count). The van der Waals surface area contributed by atoms with E-state index in [-0.39, 0.29) is 11.9 Å². The van der Waals surface area contributed by atoms with Gasteiger partial charge in [0.2, 0.25) is 0 Å². The zero-order valence-corrected chi connectivity index (χ0v) is 14.7. The smallest absolute Gasteiger partial charge is 0.254 e. The summed E-state index contributed by atoms with van der Waals surface area (Å²) in [6, 6.07) is 6.20. The van der Waals surface area contributed by atoms with Crippen LogP contribution in [0.15, 0.2) is 18.2 Å². The SMILES string of the molecule is Cc1ccc(C)c(C(=O)N2CC[NH+]([C@@H]3CCS(=O)(=O)C3)CC2)c1. The minimum atomic E-state index is -2.83. The van der Waals surface area contributed by atoms with Crippen molar-refractivity contribution in [1.82, 2.24) is 4.90 Å². The zero-order chi connectivity index (χ0) is 16.6. The van der Waals surface area contributed by atoms with Crippen LogP contribution in [-0.4, -0.2) is 63.0 Å². The van der Waals surface area contributed by atoms with Crippen LogP contribution in [-0.2, 0) is 9.84 Å². The van der Waals surface area contributed by atoms with E-state index >= 15 is 0 Å². The van der Waals surface area contributed by atoms with Gasteiger partial charge in [0.25, 0.3) is 5.91 Å². The van der Waals surface area contributed by atoms with E-state index in [0.29, 0.717) is 24.6 Å². The summed E-state index contributed by atoms with van der Waals surface area (Å²) in [5.41, 5.74) is 2.90. The summed E-state index contributed by atoms with van der Waals surface area (Å²) in [5.74, 6) is 0.740. The lowest BCUT2D eigenvalue weighted by molar-refractivity contribution is -0.925. The van der Waals surface area contributed by atoms with E-state index in [4.69, 9.17) is 0 Å². The van der Waals surface area contributed by atoms with Gasteiger partial charge in [0.1, 0.15) is 11.8 Å². The third kappa shape index (κ3) is 3.58. The number of nitrogens with one attached hydrogen (secondary N) is 1. The van der Waals surface area contributed by atoms with Crippen LogP contribution in [0.25, 0.3) is 0 Å². The molecule has 2 fully saturated rings. The molecule has 0 unspecified atom stereocenters. The van der Waals surface area contributed by atoms with Gasteiger partial charge in [-0.15, -0.1) is 0 Å². The Balaban J connectivity index is 1.63. The molecule has 1 amide bonds. The van der Waals surface area contributed by atoms with Gasteiger partial charge < -0.3 is 9.80 Å². The van der Waals surface area contributed by atoms with Crippen LogP contribution in [0.1, 0.15) is 27.9 Å². The van der Waals surface area contributed by atoms with Crippen LogP contribution in [0.3, 0.4) is 0 Å². The number of benzene rings is 1. The zero-order valence-electron chi connectivity index (χ0n) is 13.8. The maximum absolute atomic E-state index is 12.7. The Kier molecular flexibility index (Phi) is 4.47.